The van der Waals surface area contributed by atoms with Crippen LogP contribution >= 0.6 is 0 Å². The molecule has 2 aromatic carbocycles. The lowest BCUT2D eigenvalue weighted by Gasteiger charge is -2.36. The molecule has 0 aromatic heterocycles. The fourth-order valence-corrected chi connectivity index (χ4v) is 8.53. The number of carbonyl (C=O) groups is 3. The Morgan fingerprint density at radius 1 is 0.865 bits per heavy atom. The van der Waals surface area contributed by atoms with Crippen molar-refractivity contribution in [3.63, 3.8) is 0 Å². The molecule has 1 fully saturated rings. The first-order chi connectivity index (χ1) is 24.8. The highest BCUT2D eigenvalue weighted by molar-refractivity contribution is 6.03. The summed E-state index contributed by atoms with van der Waals surface area (Å²) < 4.78 is 3.63. The van der Waals surface area contributed by atoms with Gasteiger partial charge in [-0.25, -0.2) is 4.79 Å². The molecule has 0 radical (unpaired) electrons. The summed E-state index contributed by atoms with van der Waals surface area (Å²) in [5.41, 5.74) is 8.91. The summed E-state index contributed by atoms with van der Waals surface area (Å²) in [7, 11) is 0. The van der Waals surface area contributed by atoms with E-state index in [1.807, 2.05) is 0 Å². The lowest BCUT2D eigenvalue weighted by Crippen LogP contribution is -2.48. The predicted molar refractivity (Wildman–Crippen MR) is 210 cm³/mol. The van der Waals surface area contributed by atoms with Crippen molar-refractivity contribution in [3.8, 4) is 0 Å². The Labute approximate surface area is 312 Å². The van der Waals surface area contributed by atoms with E-state index in [4.69, 9.17) is 4.84 Å². The van der Waals surface area contributed by atoms with Crippen LogP contribution in [-0.2, 0) is 30.1 Å². The molecule has 0 spiro atoms. The number of carbonyl (C=O) groups excluding carboxylic acids is 3. The van der Waals surface area contributed by atoms with Gasteiger partial charge < -0.3 is 14.2 Å². The van der Waals surface area contributed by atoms with E-state index in [9.17, 15) is 14.4 Å². The van der Waals surface area contributed by atoms with Crippen LogP contribution in [0.25, 0.3) is 0 Å². The first-order valence-corrected chi connectivity index (χ1v) is 19.7. The van der Waals surface area contributed by atoms with Crippen LogP contribution in [-0.4, -0.2) is 76.9 Å². The van der Waals surface area contributed by atoms with Crippen LogP contribution in [0.15, 0.2) is 66.4 Å². The Balaban J connectivity index is 1.33. The quantitative estimate of drug-likeness (QED) is 0.0714. The van der Waals surface area contributed by atoms with Crippen LogP contribution < -0.4 is 4.90 Å². The fraction of sp³-hybridized carbons (Fsp3) is 0.545. The molecule has 0 atom stereocenters. The number of imide groups is 1. The number of rotatable bonds is 17. The molecule has 52 heavy (non-hydrogen) atoms. The van der Waals surface area contributed by atoms with Gasteiger partial charge in [-0.2, -0.15) is 4.58 Å². The largest absolute Gasteiger partial charge is 0.344 e. The maximum Gasteiger partial charge on any atom is 0.333 e. The molecule has 0 aliphatic carbocycles. The summed E-state index contributed by atoms with van der Waals surface area (Å²) in [6, 6.07) is 15.6. The summed E-state index contributed by atoms with van der Waals surface area (Å²) in [4.78, 5) is 43.6. The first kappa shape index (κ1) is 39.2. The SMILES string of the molecule is CC[N+](CC)(CC)CCCCN1/C(=C/C=C/C2=[N+](CCCCCC(=O)ON3C(=O)CCC3=O)c3ccccc3C2(C)C)C(C)(C)c2cc(C)ccc21. The van der Waals surface area contributed by atoms with Crippen LogP contribution in [0.2, 0.25) is 0 Å². The highest BCUT2D eigenvalue weighted by atomic mass is 16.7. The van der Waals surface area contributed by atoms with Crippen LogP contribution in [0.4, 0.5) is 11.4 Å². The molecule has 0 bridgehead atoms. The number of para-hydroxylation sites is 1. The number of benzene rings is 2. The molecule has 0 saturated carbocycles. The van der Waals surface area contributed by atoms with E-state index in [-0.39, 0.29) is 30.1 Å². The van der Waals surface area contributed by atoms with E-state index in [0.717, 1.165) is 32.4 Å². The Hall–Kier alpha value is -4.04. The van der Waals surface area contributed by atoms with E-state index >= 15 is 0 Å². The molecule has 1 saturated heterocycles. The fourth-order valence-electron chi connectivity index (χ4n) is 8.53. The molecule has 3 aliphatic rings. The van der Waals surface area contributed by atoms with Crippen molar-refractivity contribution in [3.05, 3.63) is 83.1 Å². The van der Waals surface area contributed by atoms with E-state index in [1.165, 1.54) is 76.6 Å². The highest BCUT2D eigenvalue weighted by Crippen LogP contribution is 2.48. The predicted octanol–water partition coefficient (Wildman–Crippen LogP) is 8.43. The Morgan fingerprint density at radius 3 is 2.25 bits per heavy atom. The number of hydroxylamine groups is 2. The molecule has 8 heteroatoms. The third-order valence-corrected chi connectivity index (χ3v) is 12.1. The number of anilines is 1. The molecule has 3 heterocycles. The van der Waals surface area contributed by atoms with Gasteiger partial charge in [0.25, 0.3) is 11.8 Å². The molecular formula is C44H62N4O4+2. The zero-order valence-electron chi connectivity index (χ0n) is 33.1. The third-order valence-electron chi connectivity index (χ3n) is 12.1. The Bertz CT molecular complexity index is 1720. The molecular weight excluding hydrogens is 649 g/mol. The smallest absolute Gasteiger partial charge is 0.333 e. The van der Waals surface area contributed by atoms with Crippen molar-refractivity contribution >= 4 is 34.9 Å². The lowest BCUT2D eigenvalue weighted by molar-refractivity contribution is -0.923. The van der Waals surface area contributed by atoms with Gasteiger partial charge in [-0.15, -0.1) is 5.06 Å². The summed E-state index contributed by atoms with van der Waals surface area (Å²) in [6.45, 7) is 25.2. The van der Waals surface area contributed by atoms with E-state index < -0.39 is 17.8 Å². The van der Waals surface area contributed by atoms with Crippen LogP contribution in [0.3, 0.4) is 0 Å². The van der Waals surface area contributed by atoms with Gasteiger partial charge in [-0.1, -0.05) is 55.8 Å². The first-order valence-electron chi connectivity index (χ1n) is 19.7. The van der Waals surface area contributed by atoms with Gasteiger partial charge in [0.1, 0.15) is 6.54 Å². The van der Waals surface area contributed by atoms with Crippen LogP contribution in [0, 0.1) is 6.92 Å². The van der Waals surface area contributed by atoms with Crippen LogP contribution in [0.5, 0.6) is 0 Å². The second-order valence-electron chi connectivity index (χ2n) is 16.0. The minimum absolute atomic E-state index is 0.102. The minimum atomic E-state index is -0.532. The number of hydrogen-bond acceptors (Lipinski definition) is 5. The molecule has 0 N–H and O–H groups in total. The van der Waals surface area contributed by atoms with Crippen LogP contribution in [0.1, 0.15) is 117 Å². The zero-order valence-corrected chi connectivity index (χ0v) is 33.1. The average Bonchev–Trinajstić information content (AvgIpc) is 3.63. The Kier molecular flexibility index (Phi) is 12.3. The second-order valence-corrected chi connectivity index (χ2v) is 16.0. The molecule has 5 rings (SSSR count). The van der Waals surface area contributed by atoms with Crippen molar-refractivity contribution in [1.29, 1.82) is 0 Å². The van der Waals surface area contributed by atoms with E-state index in [0.29, 0.717) is 11.5 Å². The zero-order chi connectivity index (χ0) is 37.7. The standard InChI is InChI=1S/C44H62N4O4/c1-9-48(10-2,11-3)31-18-17-30-46-37-26-25-33(4)32-35(37)44(7,8)39(46)23-19-22-38-43(5,6)34-20-14-15-21-36(34)45(38)29-16-12-13-24-42(51)52-47-40(49)27-28-41(47)50/h14-15,19-23,25-26,32H,9-13,16-18,24,27-31H2,1-8H3/q+2. The molecule has 2 aromatic rings. The number of quaternary nitrogens is 1. The monoisotopic (exact) mass is 710 g/mol. The van der Waals surface area contributed by atoms with Crippen molar-refractivity contribution in [2.75, 3.05) is 44.2 Å². The number of amides is 2. The maximum absolute atomic E-state index is 12.3. The summed E-state index contributed by atoms with van der Waals surface area (Å²) in [5, 5.41) is 0.635. The van der Waals surface area contributed by atoms with E-state index in [1.54, 1.807) is 0 Å². The summed E-state index contributed by atoms with van der Waals surface area (Å²) >= 11 is 0. The van der Waals surface area contributed by atoms with Gasteiger partial charge in [0.05, 0.1) is 31.6 Å². The number of nitrogens with zero attached hydrogens (tertiary/aromatic N) is 4. The molecule has 8 nitrogen and oxygen atoms in total. The molecule has 2 amide bonds. The average molecular weight is 711 g/mol. The second kappa shape index (κ2) is 16.3. The molecule has 3 aliphatic heterocycles. The van der Waals surface area contributed by atoms with Crippen molar-refractivity contribution in [1.82, 2.24) is 5.06 Å². The van der Waals surface area contributed by atoms with Gasteiger partial charge in [0.15, 0.2) is 5.71 Å². The van der Waals surface area contributed by atoms with Gasteiger partial charge in [0.2, 0.25) is 5.69 Å². The highest BCUT2D eigenvalue weighted by Gasteiger charge is 2.44. The number of unbranched alkanes of at least 4 members (excludes halogenated alkanes) is 3. The number of allylic oxidation sites excluding steroid dienone is 4. The summed E-state index contributed by atoms with van der Waals surface area (Å²) in [6.07, 6.45) is 12.0. The Morgan fingerprint density at radius 2 is 1.56 bits per heavy atom. The lowest BCUT2D eigenvalue weighted by atomic mass is 9.81. The normalized spacial score (nSPS) is 18.7. The number of fused-ring (bicyclic) bond motifs is 2. The topological polar surface area (TPSA) is 69.9 Å². The molecule has 0 unspecified atom stereocenters. The number of aryl methyl sites for hydroxylation is 1. The van der Waals surface area contributed by atoms with E-state index in [2.05, 4.69) is 126 Å². The van der Waals surface area contributed by atoms with Gasteiger partial charge in [-0.3, -0.25) is 9.59 Å². The van der Waals surface area contributed by atoms with Gasteiger partial charge in [0, 0.05) is 66.7 Å². The minimum Gasteiger partial charge on any atom is -0.344 e. The van der Waals surface area contributed by atoms with Crippen molar-refractivity contribution in [2.24, 2.45) is 0 Å². The van der Waals surface area contributed by atoms with Gasteiger partial charge >= 0.3 is 5.97 Å². The third kappa shape index (κ3) is 7.97. The van der Waals surface area contributed by atoms with Crippen molar-refractivity contribution in [2.45, 2.75) is 118 Å². The summed E-state index contributed by atoms with van der Waals surface area (Å²) in [5.74, 6) is -1.42. The number of hydrogen-bond donors (Lipinski definition) is 0. The molecule has 280 valence electrons. The van der Waals surface area contributed by atoms with Crippen molar-refractivity contribution < 1.29 is 28.3 Å². The van der Waals surface area contributed by atoms with Gasteiger partial charge in [-0.05, 0) is 84.9 Å². The maximum atomic E-state index is 12.3.